The normalized spacial score (nSPS) is 33.9. The predicted molar refractivity (Wildman–Crippen MR) is 93.0 cm³/mol. The Bertz CT molecular complexity index is 513. The van der Waals surface area contributed by atoms with E-state index in [1.54, 1.807) is 6.08 Å². The van der Waals surface area contributed by atoms with Gasteiger partial charge in [0.1, 0.15) is 0 Å². The van der Waals surface area contributed by atoms with Gasteiger partial charge in [0.05, 0.1) is 19.8 Å². The summed E-state index contributed by atoms with van der Waals surface area (Å²) < 4.78 is 10.9. The molecule has 2 rings (SSSR count). The Kier molecular flexibility index (Phi) is 6.64. The fourth-order valence-corrected chi connectivity index (χ4v) is 3.77. The number of carbonyl (C=O) groups excluding carboxylic acids is 1. The van der Waals surface area contributed by atoms with Gasteiger partial charge in [0.25, 0.3) is 0 Å². The van der Waals surface area contributed by atoms with Crippen molar-refractivity contribution in [3.63, 3.8) is 0 Å². The lowest BCUT2D eigenvalue weighted by Crippen LogP contribution is -2.20. The molecule has 3 nitrogen and oxygen atoms in total. The van der Waals surface area contributed by atoms with Gasteiger partial charge in [-0.3, -0.25) is 0 Å². The summed E-state index contributed by atoms with van der Waals surface area (Å²) in [7, 11) is 0. The monoisotopic (exact) mass is 318 g/mol. The first-order chi connectivity index (χ1) is 11.1. The van der Waals surface area contributed by atoms with Crippen molar-refractivity contribution >= 4 is 5.97 Å². The maximum atomic E-state index is 12.1. The molecular weight excluding hydrogens is 288 g/mol. The van der Waals surface area contributed by atoms with Crippen LogP contribution in [0, 0.1) is 17.8 Å². The summed E-state index contributed by atoms with van der Waals surface area (Å²) in [6, 6.07) is 0. The lowest BCUT2D eigenvalue weighted by Gasteiger charge is -2.29. The number of hydrogen-bond acceptors (Lipinski definition) is 3. The Morgan fingerprint density at radius 1 is 1.35 bits per heavy atom. The Hall–Kier alpha value is -1.35. The van der Waals surface area contributed by atoms with E-state index in [-0.39, 0.29) is 5.97 Å². The second-order valence-corrected chi connectivity index (χ2v) is 6.49. The molecule has 0 amide bonds. The van der Waals surface area contributed by atoms with Crippen molar-refractivity contribution in [3.8, 4) is 0 Å². The number of ether oxygens (including phenoxy) is 2. The molecular formula is C20H30O3. The van der Waals surface area contributed by atoms with Crippen LogP contribution in [-0.4, -0.2) is 25.8 Å². The van der Waals surface area contributed by atoms with Crippen LogP contribution in [0.25, 0.3) is 0 Å². The smallest absolute Gasteiger partial charge is 0.331 e. The fourth-order valence-electron chi connectivity index (χ4n) is 3.77. The van der Waals surface area contributed by atoms with E-state index in [9.17, 15) is 4.79 Å². The first-order valence-electron chi connectivity index (χ1n) is 8.98. The molecule has 23 heavy (non-hydrogen) atoms. The summed E-state index contributed by atoms with van der Waals surface area (Å²) in [5.41, 5.74) is 3.88. The number of hydrogen-bond donors (Lipinski definition) is 0. The van der Waals surface area contributed by atoms with E-state index in [2.05, 4.69) is 32.9 Å². The van der Waals surface area contributed by atoms with E-state index in [4.69, 9.17) is 9.47 Å². The first-order valence-corrected chi connectivity index (χ1v) is 8.98. The van der Waals surface area contributed by atoms with Crippen molar-refractivity contribution < 1.29 is 14.3 Å². The molecule has 1 fully saturated rings. The third-order valence-corrected chi connectivity index (χ3v) is 4.92. The van der Waals surface area contributed by atoms with Crippen LogP contribution in [0.5, 0.6) is 0 Å². The zero-order chi connectivity index (χ0) is 16.8. The minimum atomic E-state index is -0.220. The molecule has 128 valence electrons. The molecule has 0 aromatic rings. The summed E-state index contributed by atoms with van der Waals surface area (Å²) in [4.78, 5) is 12.1. The van der Waals surface area contributed by atoms with Gasteiger partial charge >= 0.3 is 5.97 Å². The third-order valence-electron chi connectivity index (χ3n) is 4.92. The second-order valence-electron chi connectivity index (χ2n) is 6.49. The molecule has 0 aromatic heterocycles. The number of allylic oxidation sites excluding steroid dienone is 3. The van der Waals surface area contributed by atoms with Crippen molar-refractivity contribution in [2.45, 2.75) is 47.0 Å². The van der Waals surface area contributed by atoms with E-state index in [1.807, 2.05) is 6.92 Å². The van der Waals surface area contributed by atoms with Crippen LogP contribution in [0.2, 0.25) is 0 Å². The summed E-state index contributed by atoms with van der Waals surface area (Å²) in [6.45, 7) is 10.4. The molecule has 0 radical (unpaired) electrons. The van der Waals surface area contributed by atoms with Crippen molar-refractivity contribution in [2.24, 2.45) is 17.8 Å². The van der Waals surface area contributed by atoms with Crippen molar-refractivity contribution in [3.05, 3.63) is 34.9 Å². The van der Waals surface area contributed by atoms with Crippen LogP contribution < -0.4 is 0 Å². The summed E-state index contributed by atoms with van der Waals surface area (Å²) in [5, 5.41) is 0. The van der Waals surface area contributed by atoms with Crippen molar-refractivity contribution in [1.29, 1.82) is 0 Å². The average molecular weight is 318 g/mol. The number of fused-ring (bicyclic) bond motifs is 1. The molecule has 3 unspecified atom stereocenters. The van der Waals surface area contributed by atoms with Crippen molar-refractivity contribution in [2.75, 3.05) is 19.8 Å². The molecule has 0 spiro atoms. The second kappa shape index (κ2) is 8.49. The molecule has 1 saturated heterocycles. The van der Waals surface area contributed by atoms with Gasteiger partial charge in [-0.15, -0.1) is 0 Å². The van der Waals surface area contributed by atoms with Gasteiger partial charge in [-0.1, -0.05) is 39.3 Å². The largest absolute Gasteiger partial charge is 0.463 e. The Morgan fingerprint density at radius 2 is 2.13 bits per heavy atom. The SMILES string of the molecule is CCC/C1=C2\COCC2/C=C\C(C)C(CC)\C1=C/C(=O)OCC. The molecule has 2 aliphatic rings. The Morgan fingerprint density at radius 3 is 2.78 bits per heavy atom. The van der Waals surface area contributed by atoms with E-state index < -0.39 is 0 Å². The highest BCUT2D eigenvalue weighted by atomic mass is 16.5. The first kappa shape index (κ1) is 18.0. The standard InChI is InChI=1S/C20H30O3/c1-5-8-17-18(11-20(21)23-7-3)16(6-2)14(4)9-10-15-12-22-13-19(15)17/h9-11,14-16H,5-8,12-13H2,1-4H3/b10-9-,18-11+,19-17-. The Balaban J connectivity index is 2.53. The van der Waals surface area contributed by atoms with Crippen LogP contribution >= 0.6 is 0 Å². The third kappa shape index (κ3) is 4.14. The van der Waals surface area contributed by atoms with Crippen LogP contribution in [0.1, 0.15) is 47.0 Å². The maximum absolute atomic E-state index is 12.1. The highest BCUT2D eigenvalue weighted by molar-refractivity contribution is 5.84. The van der Waals surface area contributed by atoms with Gasteiger partial charge < -0.3 is 9.47 Å². The average Bonchev–Trinajstić information content (AvgIpc) is 2.97. The highest BCUT2D eigenvalue weighted by Gasteiger charge is 2.31. The molecule has 0 N–H and O–H groups in total. The molecule has 0 saturated carbocycles. The van der Waals surface area contributed by atoms with Gasteiger partial charge in [0.15, 0.2) is 0 Å². The fraction of sp³-hybridized carbons (Fsp3) is 0.650. The summed E-state index contributed by atoms with van der Waals surface area (Å²) in [6.07, 6.45) is 9.45. The Labute approximate surface area is 140 Å². The lowest BCUT2D eigenvalue weighted by molar-refractivity contribution is -0.137. The van der Waals surface area contributed by atoms with E-state index >= 15 is 0 Å². The topological polar surface area (TPSA) is 35.5 Å². The molecule has 1 aliphatic carbocycles. The van der Waals surface area contributed by atoms with Gasteiger partial charge in [-0.25, -0.2) is 4.79 Å². The van der Waals surface area contributed by atoms with Gasteiger partial charge in [-0.05, 0) is 48.3 Å². The summed E-state index contributed by atoms with van der Waals surface area (Å²) >= 11 is 0. The number of esters is 1. The van der Waals surface area contributed by atoms with Crippen LogP contribution in [0.15, 0.2) is 34.9 Å². The maximum Gasteiger partial charge on any atom is 0.331 e. The van der Waals surface area contributed by atoms with Gasteiger partial charge in [0, 0.05) is 12.0 Å². The zero-order valence-corrected chi connectivity index (χ0v) is 14.9. The minimum absolute atomic E-state index is 0.220. The lowest BCUT2D eigenvalue weighted by atomic mass is 9.75. The van der Waals surface area contributed by atoms with Crippen molar-refractivity contribution in [1.82, 2.24) is 0 Å². The van der Waals surface area contributed by atoms with Gasteiger partial charge in [0.2, 0.25) is 0 Å². The molecule has 1 heterocycles. The van der Waals surface area contributed by atoms with Crippen LogP contribution in [0.4, 0.5) is 0 Å². The minimum Gasteiger partial charge on any atom is -0.463 e. The zero-order valence-electron chi connectivity index (χ0n) is 14.9. The summed E-state index contributed by atoms with van der Waals surface area (Å²) in [5.74, 6) is 0.908. The quantitative estimate of drug-likeness (QED) is 0.427. The van der Waals surface area contributed by atoms with Gasteiger partial charge in [-0.2, -0.15) is 0 Å². The van der Waals surface area contributed by atoms with E-state index in [1.165, 1.54) is 16.7 Å². The molecule has 0 bridgehead atoms. The number of rotatable bonds is 5. The molecule has 3 atom stereocenters. The van der Waals surface area contributed by atoms with E-state index in [0.29, 0.717) is 31.0 Å². The van der Waals surface area contributed by atoms with Crippen LogP contribution in [-0.2, 0) is 14.3 Å². The number of carbonyl (C=O) groups is 1. The molecule has 3 heteroatoms. The van der Waals surface area contributed by atoms with Crippen LogP contribution in [0.3, 0.4) is 0 Å². The van der Waals surface area contributed by atoms with E-state index in [0.717, 1.165) is 25.9 Å². The molecule has 1 aliphatic heterocycles. The highest BCUT2D eigenvalue weighted by Crippen LogP contribution is 2.40. The molecule has 0 aromatic carbocycles. The predicted octanol–water partition coefficient (Wildman–Crippen LogP) is 4.45.